The van der Waals surface area contributed by atoms with Gasteiger partial charge in [-0.3, -0.25) is 4.79 Å². The van der Waals surface area contributed by atoms with Crippen molar-refractivity contribution in [2.45, 2.75) is 19.4 Å². The van der Waals surface area contributed by atoms with Crippen LogP contribution in [0.4, 0.5) is 0 Å². The highest BCUT2D eigenvalue weighted by molar-refractivity contribution is 5.83. The van der Waals surface area contributed by atoms with Crippen LogP contribution < -0.4 is 0 Å². The van der Waals surface area contributed by atoms with Gasteiger partial charge in [-0.05, 0) is 6.07 Å². The second kappa shape index (κ2) is 3.34. The summed E-state index contributed by atoms with van der Waals surface area (Å²) in [6.45, 7) is 1.73. The van der Waals surface area contributed by atoms with Crippen molar-refractivity contribution < 1.29 is 9.90 Å². The maximum atomic E-state index is 10.9. The number of hydrogen-bond acceptors (Lipinski definition) is 2. The lowest BCUT2D eigenvalue weighted by Gasteiger charge is -2.03. The molecule has 1 aromatic heterocycles. The van der Waals surface area contributed by atoms with Gasteiger partial charge in [0.15, 0.2) is 5.78 Å². The van der Waals surface area contributed by atoms with E-state index in [9.17, 15) is 9.90 Å². The van der Waals surface area contributed by atoms with Crippen molar-refractivity contribution in [2.75, 3.05) is 0 Å². The standard InChI is InChI=1S/C8H11NO2/c1-2-7(10)8(11)6-3-4-9-5-6/h3-5,8-9,11H,2H2,1H3. The molecule has 1 aromatic rings. The number of aromatic amines is 1. The molecule has 0 radical (unpaired) electrons. The first-order valence-corrected chi connectivity index (χ1v) is 3.59. The van der Waals surface area contributed by atoms with E-state index in [0.29, 0.717) is 12.0 Å². The molecule has 0 fully saturated rings. The summed E-state index contributed by atoms with van der Waals surface area (Å²) in [6, 6.07) is 1.69. The highest BCUT2D eigenvalue weighted by Crippen LogP contribution is 2.13. The number of carbonyl (C=O) groups is 1. The molecule has 11 heavy (non-hydrogen) atoms. The van der Waals surface area contributed by atoms with E-state index >= 15 is 0 Å². The Morgan fingerprint density at radius 2 is 2.55 bits per heavy atom. The van der Waals surface area contributed by atoms with Crippen LogP contribution in [0.2, 0.25) is 0 Å². The fraction of sp³-hybridized carbons (Fsp3) is 0.375. The number of hydrogen-bond donors (Lipinski definition) is 2. The van der Waals surface area contributed by atoms with Crippen molar-refractivity contribution in [3.05, 3.63) is 24.0 Å². The van der Waals surface area contributed by atoms with Gasteiger partial charge in [-0.15, -0.1) is 0 Å². The van der Waals surface area contributed by atoms with Crippen LogP contribution in [0.5, 0.6) is 0 Å². The lowest BCUT2D eigenvalue weighted by molar-refractivity contribution is -0.127. The van der Waals surface area contributed by atoms with Crippen LogP contribution in [0, 0.1) is 0 Å². The number of aromatic nitrogens is 1. The molecule has 1 unspecified atom stereocenters. The second-order valence-electron chi connectivity index (χ2n) is 2.37. The molecule has 3 nitrogen and oxygen atoms in total. The molecule has 0 aliphatic heterocycles. The normalized spacial score (nSPS) is 12.9. The van der Waals surface area contributed by atoms with Gasteiger partial charge >= 0.3 is 0 Å². The third-order valence-corrected chi connectivity index (χ3v) is 1.59. The van der Waals surface area contributed by atoms with Gasteiger partial charge < -0.3 is 10.1 Å². The SMILES string of the molecule is CCC(=O)C(O)c1cc[nH]c1. The maximum absolute atomic E-state index is 10.9. The van der Waals surface area contributed by atoms with Crippen LogP contribution >= 0.6 is 0 Å². The van der Waals surface area contributed by atoms with Crippen LogP contribution in [0.3, 0.4) is 0 Å². The van der Waals surface area contributed by atoms with Crippen molar-refractivity contribution in [2.24, 2.45) is 0 Å². The Morgan fingerprint density at radius 1 is 1.82 bits per heavy atom. The summed E-state index contributed by atoms with van der Waals surface area (Å²) in [7, 11) is 0. The summed E-state index contributed by atoms with van der Waals surface area (Å²) < 4.78 is 0. The average molecular weight is 153 g/mol. The molecule has 0 spiro atoms. The third-order valence-electron chi connectivity index (χ3n) is 1.59. The fourth-order valence-electron chi connectivity index (χ4n) is 0.886. The number of Topliss-reactive ketones (excluding diaryl/α,β-unsaturated/α-hetero) is 1. The van der Waals surface area contributed by atoms with Crippen molar-refractivity contribution in [3.63, 3.8) is 0 Å². The highest BCUT2D eigenvalue weighted by atomic mass is 16.3. The quantitative estimate of drug-likeness (QED) is 0.681. The van der Waals surface area contributed by atoms with Gasteiger partial charge in [0.1, 0.15) is 6.10 Å². The van der Waals surface area contributed by atoms with Crippen molar-refractivity contribution in [1.82, 2.24) is 4.98 Å². The Labute approximate surface area is 65.1 Å². The van der Waals surface area contributed by atoms with Crippen molar-refractivity contribution >= 4 is 5.78 Å². The Hall–Kier alpha value is -1.09. The van der Waals surface area contributed by atoms with E-state index in [1.807, 2.05) is 0 Å². The number of H-pyrrole nitrogens is 1. The molecule has 0 aliphatic rings. The van der Waals surface area contributed by atoms with Crippen LogP contribution in [-0.4, -0.2) is 15.9 Å². The molecular weight excluding hydrogens is 142 g/mol. The molecule has 2 N–H and O–H groups in total. The summed E-state index contributed by atoms with van der Waals surface area (Å²) in [6.07, 6.45) is 2.72. The zero-order chi connectivity index (χ0) is 8.27. The van der Waals surface area contributed by atoms with E-state index < -0.39 is 6.10 Å². The van der Waals surface area contributed by atoms with Crippen LogP contribution in [0.25, 0.3) is 0 Å². The summed E-state index contributed by atoms with van der Waals surface area (Å²) in [5.41, 5.74) is 0.636. The summed E-state index contributed by atoms with van der Waals surface area (Å²) >= 11 is 0. The lowest BCUT2D eigenvalue weighted by atomic mass is 10.1. The molecule has 0 bridgehead atoms. The van der Waals surface area contributed by atoms with Gasteiger partial charge in [0.25, 0.3) is 0 Å². The molecule has 0 aliphatic carbocycles. The Morgan fingerprint density at radius 3 is 3.00 bits per heavy atom. The molecule has 1 heterocycles. The Balaban J connectivity index is 2.70. The van der Waals surface area contributed by atoms with Gasteiger partial charge in [0.05, 0.1) is 0 Å². The zero-order valence-corrected chi connectivity index (χ0v) is 6.37. The summed E-state index contributed by atoms with van der Waals surface area (Å²) in [5, 5.41) is 9.31. The minimum atomic E-state index is -0.953. The number of ketones is 1. The molecular formula is C8H11NO2. The molecule has 0 aromatic carbocycles. The number of carbonyl (C=O) groups excluding carboxylic acids is 1. The molecule has 3 heteroatoms. The molecule has 60 valence electrons. The predicted molar refractivity (Wildman–Crippen MR) is 41.1 cm³/mol. The van der Waals surface area contributed by atoms with E-state index in [2.05, 4.69) is 4.98 Å². The van der Waals surface area contributed by atoms with Gasteiger partial charge in [-0.1, -0.05) is 6.92 Å². The Kier molecular flexibility index (Phi) is 2.44. The number of nitrogens with one attached hydrogen (secondary N) is 1. The first-order valence-electron chi connectivity index (χ1n) is 3.59. The number of aliphatic hydroxyl groups excluding tert-OH is 1. The van der Waals surface area contributed by atoms with E-state index in [0.717, 1.165) is 0 Å². The lowest BCUT2D eigenvalue weighted by Crippen LogP contribution is -2.09. The smallest absolute Gasteiger partial charge is 0.165 e. The van der Waals surface area contributed by atoms with E-state index in [4.69, 9.17) is 0 Å². The third kappa shape index (κ3) is 1.68. The first kappa shape index (κ1) is 8.01. The summed E-state index contributed by atoms with van der Waals surface area (Å²) in [5.74, 6) is -0.149. The average Bonchev–Trinajstić information content (AvgIpc) is 2.53. The van der Waals surface area contributed by atoms with E-state index in [1.165, 1.54) is 0 Å². The Bertz CT molecular complexity index is 228. The largest absolute Gasteiger partial charge is 0.380 e. The number of rotatable bonds is 3. The van der Waals surface area contributed by atoms with Gasteiger partial charge in [0, 0.05) is 24.4 Å². The zero-order valence-electron chi connectivity index (χ0n) is 6.37. The predicted octanol–water partition coefficient (Wildman–Crippen LogP) is 1.03. The molecule has 0 saturated heterocycles. The molecule has 0 amide bonds. The van der Waals surface area contributed by atoms with Crippen LogP contribution in [0.1, 0.15) is 25.0 Å². The second-order valence-corrected chi connectivity index (χ2v) is 2.37. The van der Waals surface area contributed by atoms with E-state index in [-0.39, 0.29) is 5.78 Å². The van der Waals surface area contributed by atoms with E-state index in [1.54, 1.807) is 25.4 Å². The van der Waals surface area contributed by atoms with Gasteiger partial charge in [-0.25, -0.2) is 0 Å². The fourth-order valence-corrected chi connectivity index (χ4v) is 0.886. The molecule has 1 rings (SSSR count). The van der Waals surface area contributed by atoms with Crippen molar-refractivity contribution in [3.8, 4) is 0 Å². The monoisotopic (exact) mass is 153 g/mol. The molecule has 1 atom stereocenters. The maximum Gasteiger partial charge on any atom is 0.165 e. The topological polar surface area (TPSA) is 53.1 Å². The highest BCUT2D eigenvalue weighted by Gasteiger charge is 2.14. The minimum absolute atomic E-state index is 0.149. The van der Waals surface area contributed by atoms with Gasteiger partial charge in [-0.2, -0.15) is 0 Å². The summed E-state index contributed by atoms with van der Waals surface area (Å²) in [4.78, 5) is 13.7. The number of aliphatic hydroxyl groups is 1. The van der Waals surface area contributed by atoms with Crippen LogP contribution in [-0.2, 0) is 4.79 Å². The first-order chi connectivity index (χ1) is 5.25. The van der Waals surface area contributed by atoms with Crippen molar-refractivity contribution in [1.29, 1.82) is 0 Å². The van der Waals surface area contributed by atoms with Crippen LogP contribution in [0.15, 0.2) is 18.5 Å². The minimum Gasteiger partial charge on any atom is -0.380 e. The van der Waals surface area contributed by atoms with Gasteiger partial charge in [0.2, 0.25) is 0 Å². The molecule has 0 saturated carbocycles.